The monoisotopic (exact) mass is 540 g/mol. The van der Waals surface area contributed by atoms with Crippen LogP contribution in [0.2, 0.25) is 0 Å². The molecule has 1 heterocycles. The Morgan fingerprint density at radius 1 is 0.903 bits per heavy atom. The summed E-state index contributed by atoms with van der Waals surface area (Å²) in [5.74, 6) is 1.01. The van der Waals surface area contributed by atoms with Crippen LogP contribution in [0.25, 0.3) is 22.2 Å². The molecule has 4 aromatic rings. The van der Waals surface area contributed by atoms with E-state index in [1.54, 1.807) is 20.3 Å². The number of hydrogen-bond donors (Lipinski definition) is 1. The van der Waals surface area contributed by atoms with E-state index in [9.17, 15) is 4.79 Å². The van der Waals surface area contributed by atoms with Crippen LogP contribution in [-0.4, -0.2) is 25.1 Å². The van der Waals surface area contributed by atoms with Crippen LogP contribution in [0.3, 0.4) is 0 Å². The Bertz CT molecular complexity index is 1290. The van der Waals surface area contributed by atoms with E-state index in [0.717, 1.165) is 25.4 Å². The molecule has 0 aliphatic carbocycles. The lowest BCUT2D eigenvalue weighted by molar-refractivity contribution is 0.102. The van der Waals surface area contributed by atoms with Gasteiger partial charge in [0.15, 0.2) is 11.5 Å². The second-order valence-electron chi connectivity index (χ2n) is 6.72. The van der Waals surface area contributed by atoms with Crippen LogP contribution in [0, 0.1) is 0 Å². The predicted octanol–water partition coefficient (Wildman–Crippen LogP) is 6.70. The van der Waals surface area contributed by atoms with Gasteiger partial charge in [0.2, 0.25) is 0 Å². The first kappa shape index (κ1) is 21.3. The fourth-order valence-corrected chi connectivity index (χ4v) is 4.43. The Morgan fingerprint density at radius 3 is 2.42 bits per heavy atom. The van der Waals surface area contributed by atoms with E-state index in [-0.39, 0.29) is 5.91 Å². The number of carbonyl (C=O) groups excluding carboxylic acids is 1. The molecule has 0 atom stereocenters. The Hall–Kier alpha value is -2.90. The molecule has 31 heavy (non-hydrogen) atoms. The molecule has 0 bridgehead atoms. The Morgan fingerprint density at radius 2 is 1.68 bits per heavy atom. The lowest BCUT2D eigenvalue weighted by Crippen LogP contribution is -2.13. The summed E-state index contributed by atoms with van der Waals surface area (Å²) in [5, 5.41) is 3.76. The van der Waals surface area contributed by atoms with E-state index < -0.39 is 0 Å². The highest BCUT2D eigenvalue weighted by Gasteiger charge is 2.16. The average Bonchev–Trinajstić information content (AvgIpc) is 2.79. The minimum Gasteiger partial charge on any atom is -0.493 e. The number of para-hydroxylation sites is 1. The fourth-order valence-electron chi connectivity index (χ4n) is 3.29. The minimum absolute atomic E-state index is 0.219. The third kappa shape index (κ3) is 4.43. The van der Waals surface area contributed by atoms with Crippen LogP contribution in [0.5, 0.6) is 11.5 Å². The van der Waals surface area contributed by atoms with Crippen LogP contribution in [0.1, 0.15) is 10.4 Å². The van der Waals surface area contributed by atoms with Crippen molar-refractivity contribution >= 4 is 54.4 Å². The second-order valence-corrected chi connectivity index (χ2v) is 8.49. The van der Waals surface area contributed by atoms with Gasteiger partial charge in [-0.15, -0.1) is 0 Å². The van der Waals surface area contributed by atoms with Crippen molar-refractivity contribution in [2.24, 2.45) is 0 Å². The number of nitrogens with one attached hydrogen (secondary N) is 1. The van der Waals surface area contributed by atoms with Crippen LogP contribution >= 0.6 is 31.9 Å². The van der Waals surface area contributed by atoms with Gasteiger partial charge in [-0.3, -0.25) is 4.79 Å². The Balaban J connectivity index is 1.81. The zero-order valence-electron chi connectivity index (χ0n) is 16.8. The number of fused-ring (bicyclic) bond motifs is 1. The van der Waals surface area contributed by atoms with Crippen LogP contribution < -0.4 is 14.8 Å². The van der Waals surface area contributed by atoms with Crippen molar-refractivity contribution in [2.75, 3.05) is 19.5 Å². The minimum atomic E-state index is -0.219. The van der Waals surface area contributed by atoms with Crippen molar-refractivity contribution in [1.82, 2.24) is 4.98 Å². The van der Waals surface area contributed by atoms with Crippen molar-refractivity contribution in [3.05, 3.63) is 81.2 Å². The molecule has 5 nitrogen and oxygen atoms in total. The van der Waals surface area contributed by atoms with E-state index in [4.69, 9.17) is 14.5 Å². The second kappa shape index (κ2) is 9.08. The largest absolute Gasteiger partial charge is 0.493 e. The summed E-state index contributed by atoms with van der Waals surface area (Å²) in [7, 11) is 3.18. The molecule has 0 aliphatic rings. The van der Waals surface area contributed by atoms with Gasteiger partial charge in [0, 0.05) is 19.9 Å². The lowest BCUT2D eigenvalue weighted by Gasteiger charge is -2.13. The van der Waals surface area contributed by atoms with E-state index in [1.165, 1.54) is 0 Å². The SMILES string of the molecule is COc1ccc(-c2cc(C(=O)Nc3ccc(Br)cc3Br)c3ccccc3n2)cc1OC. The summed E-state index contributed by atoms with van der Waals surface area (Å²) in [6.07, 6.45) is 0. The number of pyridine rings is 1. The highest BCUT2D eigenvalue weighted by atomic mass is 79.9. The molecule has 0 fully saturated rings. The highest BCUT2D eigenvalue weighted by Crippen LogP contribution is 2.33. The first-order chi connectivity index (χ1) is 15.0. The first-order valence-electron chi connectivity index (χ1n) is 9.38. The molecule has 0 unspecified atom stereocenters. The van der Waals surface area contributed by atoms with E-state index in [1.807, 2.05) is 60.7 Å². The van der Waals surface area contributed by atoms with Gasteiger partial charge in [-0.25, -0.2) is 4.98 Å². The summed E-state index contributed by atoms with van der Waals surface area (Å²) < 4.78 is 12.5. The number of ether oxygens (including phenoxy) is 2. The average molecular weight is 542 g/mol. The molecule has 0 radical (unpaired) electrons. The van der Waals surface area contributed by atoms with Crippen LogP contribution in [0.15, 0.2) is 75.7 Å². The number of nitrogens with zero attached hydrogens (tertiary/aromatic N) is 1. The molecule has 0 saturated heterocycles. The van der Waals surface area contributed by atoms with Crippen molar-refractivity contribution in [3.63, 3.8) is 0 Å². The molecule has 1 N–H and O–H groups in total. The molecular formula is C24H18Br2N2O3. The summed E-state index contributed by atoms with van der Waals surface area (Å²) >= 11 is 6.92. The van der Waals surface area contributed by atoms with E-state index in [0.29, 0.717) is 28.4 Å². The third-order valence-corrected chi connectivity index (χ3v) is 5.97. The smallest absolute Gasteiger partial charge is 0.256 e. The summed E-state index contributed by atoms with van der Waals surface area (Å²) in [4.78, 5) is 18.0. The van der Waals surface area contributed by atoms with Gasteiger partial charge in [-0.05, 0) is 64.5 Å². The van der Waals surface area contributed by atoms with Crippen molar-refractivity contribution in [2.45, 2.75) is 0 Å². The molecular weight excluding hydrogens is 524 g/mol. The maximum Gasteiger partial charge on any atom is 0.256 e. The van der Waals surface area contributed by atoms with Gasteiger partial charge in [-0.1, -0.05) is 34.1 Å². The number of carbonyl (C=O) groups is 1. The molecule has 3 aromatic carbocycles. The zero-order valence-corrected chi connectivity index (χ0v) is 20.0. The number of hydrogen-bond acceptors (Lipinski definition) is 4. The number of anilines is 1. The summed E-state index contributed by atoms with van der Waals surface area (Å²) in [6.45, 7) is 0. The van der Waals surface area contributed by atoms with Crippen LogP contribution in [-0.2, 0) is 0 Å². The van der Waals surface area contributed by atoms with E-state index >= 15 is 0 Å². The lowest BCUT2D eigenvalue weighted by atomic mass is 10.0. The Labute approximate surface area is 196 Å². The van der Waals surface area contributed by atoms with Crippen molar-refractivity contribution < 1.29 is 14.3 Å². The van der Waals surface area contributed by atoms with Crippen LogP contribution in [0.4, 0.5) is 5.69 Å². The predicted molar refractivity (Wildman–Crippen MR) is 130 cm³/mol. The zero-order chi connectivity index (χ0) is 22.0. The summed E-state index contributed by atoms with van der Waals surface area (Å²) in [5.41, 5.74) is 3.43. The van der Waals surface area contributed by atoms with Gasteiger partial charge < -0.3 is 14.8 Å². The number of halogens is 2. The quantitative estimate of drug-likeness (QED) is 0.305. The standard InChI is InChI=1S/C24H18Br2N2O3/c1-30-22-10-7-14(11-23(22)31-2)21-13-17(16-5-3-4-6-19(16)27-21)24(29)28-20-9-8-15(25)12-18(20)26/h3-13H,1-2H3,(H,28,29). The number of methoxy groups -OCH3 is 2. The number of amides is 1. The molecule has 1 amide bonds. The van der Waals surface area contributed by atoms with Gasteiger partial charge in [-0.2, -0.15) is 0 Å². The van der Waals surface area contributed by atoms with Crippen molar-refractivity contribution in [3.8, 4) is 22.8 Å². The Kier molecular flexibility index (Phi) is 6.25. The molecule has 156 valence electrons. The molecule has 7 heteroatoms. The number of aromatic nitrogens is 1. The van der Waals surface area contributed by atoms with Gasteiger partial charge in [0.05, 0.1) is 36.7 Å². The normalized spacial score (nSPS) is 10.7. The van der Waals surface area contributed by atoms with E-state index in [2.05, 4.69) is 37.2 Å². The first-order valence-corrected chi connectivity index (χ1v) is 11.0. The van der Waals surface area contributed by atoms with Gasteiger partial charge >= 0.3 is 0 Å². The number of rotatable bonds is 5. The summed E-state index contributed by atoms with van der Waals surface area (Å²) in [6, 6.07) is 20.6. The molecule has 0 aliphatic heterocycles. The fraction of sp³-hybridized carbons (Fsp3) is 0.0833. The maximum atomic E-state index is 13.3. The molecule has 1 aromatic heterocycles. The topological polar surface area (TPSA) is 60.5 Å². The maximum absolute atomic E-state index is 13.3. The number of benzene rings is 3. The van der Waals surface area contributed by atoms with Gasteiger partial charge in [0.25, 0.3) is 5.91 Å². The van der Waals surface area contributed by atoms with Crippen molar-refractivity contribution in [1.29, 1.82) is 0 Å². The molecule has 0 spiro atoms. The third-order valence-electron chi connectivity index (χ3n) is 4.82. The molecule has 0 saturated carbocycles. The van der Waals surface area contributed by atoms with Gasteiger partial charge in [0.1, 0.15) is 0 Å². The molecule has 4 rings (SSSR count). The highest BCUT2D eigenvalue weighted by molar-refractivity contribution is 9.11.